The lowest BCUT2D eigenvalue weighted by Crippen LogP contribution is -2.07. The van der Waals surface area contributed by atoms with Crippen molar-refractivity contribution >= 4 is 34.4 Å². The summed E-state index contributed by atoms with van der Waals surface area (Å²) in [5.41, 5.74) is 3.51. The molecule has 0 atom stereocenters. The van der Waals surface area contributed by atoms with E-state index in [2.05, 4.69) is 25.9 Å². The van der Waals surface area contributed by atoms with Gasteiger partial charge in [0.05, 0.1) is 0 Å². The number of carbonyl (C=O) groups is 1. The van der Waals surface area contributed by atoms with Gasteiger partial charge in [-0.1, -0.05) is 12.1 Å². The van der Waals surface area contributed by atoms with Crippen molar-refractivity contribution in [3.63, 3.8) is 0 Å². The minimum absolute atomic E-state index is 0.0872. The van der Waals surface area contributed by atoms with Crippen molar-refractivity contribution in [2.45, 2.75) is 13.5 Å². The summed E-state index contributed by atoms with van der Waals surface area (Å²) in [6.07, 6.45) is 0. The van der Waals surface area contributed by atoms with E-state index in [9.17, 15) is 4.79 Å². The van der Waals surface area contributed by atoms with Crippen LogP contribution in [0.4, 0.5) is 11.5 Å². The van der Waals surface area contributed by atoms with Gasteiger partial charge in [-0.3, -0.25) is 4.79 Å². The fourth-order valence-electron chi connectivity index (χ4n) is 2.61. The maximum absolute atomic E-state index is 11.2. The Morgan fingerprint density at radius 3 is 2.92 bits per heavy atom. The normalized spacial score (nSPS) is 10.8. The van der Waals surface area contributed by atoms with Gasteiger partial charge in [-0.25, -0.2) is 0 Å². The maximum Gasteiger partial charge on any atom is 0.221 e. The summed E-state index contributed by atoms with van der Waals surface area (Å²) in [7, 11) is 0. The monoisotopic (exact) mass is 364 g/mol. The Hall–Kier alpha value is -3.26. The van der Waals surface area contributed by atoms with Gasteiger partial charge in [0.25, 0.3) is 0 Å². The smallest absolute Gasteiger partial charge is 0.221 e. The van der Waals surface area contributed by atoms with Crippen molar-refractivity contribution in [1.29, 1.82) is 0 Å². The minimum Gasteiger partial charge on any atom is -0.365 e. The van der Waals surface area contributed by atoms with Crippen LogP contribution in [0.3, 0.4) is 0 Å². The molecule has 7 nitrogen and oxygen atoms in total. The number of thiophene rings is 1. The van der Waals surface area contributed by atoms with Crippen LogP contribution in [0.5, 0.6) is 0 Å². The number of nitrogens with zero attached hydrogens (tertiary/aromatic N) is 4. The molecule has 4 rings (SSSR count). The summed E-state index contributed by atoms with van der Waals surface area (Å²) < 4.78 is 1.73. The number of hydrogen-bond donors (Lipinski definition) is 2. The highest BCUT2D eigenvalue weighted by molar-refractivity contribution is 7.08. The topological polar surface area (TPSA) is 84.2 Å². The zero-order chi connectivity index (χ0) is 17.9. The van der Waals surface area contributed by atoms with Crippen LogP contribution in [-0.4, -0.2) is 25.7 Å². The van der Waals surface area contributed by atoms with Crippen molar-refractivity contribution in [3.8, 4) is 11.4 Å². The third-order valence-corrected chi connectivity index (χ3v) is 4.45. The highest BCUT2D eigenvalue weighted by atomic mass is 32.1. The van der Waals surface area contributed by atoms with Gasteiger partial charge in [0.15, 0.2) is 11.5 Å². The second-order valence-electron chi connectivity index (χ2n) is 5.76. The molecular weight excluding hydrogens is 348 g/mol. The minimum atomic E-state index is -0.0872. The highest BCUT2D eigenvalue weighted by Gasteiger charge is 2.10. The summed E-state index contributed by atoms with van der Waals surface area (Å²) in [5.74, 6) is 1.35. The number of hydrogen-bond acceptors (Lipinski definition) is 6. The summed E-state index contributed by atoms with van der Waals surface area (Å²) in [6.45, 7) is 2.08. The molecular formula is C18H16N6OS. The highest BCUT2D eigenvalue weighted by Crippen LogP contribution is 2.21. The van der Waals surface area contributed by atoms with Gasteiger partial charge >= 0.3 is 0 Å². The molecule has 130 valence electrons. The number of anilines is 2. The SMILES string of the molecule is CC(=O)Nc1cccc(CNc2ccc3nnc(-c4ccsc4)n3n2)c1. The lowest BCUT2D eigenvalue weighted by atomic mass is 10.2. The lowest BCUT2D eigenvalue weighted by Gasteiger charge is -2.08. The molecule has 0 unspecified atom stereocenters. The van der Waals surface area contributed by atoms with Crippen LogP contribution in [0.2, 0.25) is 0 Å². The number of aromatic nitrogens is 4. The molecule has 3 aromatic heterocycles. The third kappa shape index (κ3) is 3.40. The number of benzene rings is 1. The summed E-state index contributed by atoms with van der Waals surface area (Å²) >= 11 is 1.61. The summed E-state index contributed by atoms with van der Waals surface area (Å²) in [6, 6.07) is 13.4. The van der Waals surface area contributed by atoms with E-state index in [-0.39, 0.29) is 5.91 Å². The molecule has 0 fully saturated rings. The van der Waals surface area contributed by atoms with Crippen molar-refractivity contribution in [1.82, 2.24) is 19.8 Å². The van der Waals surface area contributed by atoms with Crippen LogP contribution in [0.25, 0.3) is 17.0 Å². The van der Waals surface area contributed by atoms with Crippen molar-refractivity contribution in [3.05, 3.63) is 58.8 Å². The molecule has 2 N–H and O–H groups in total. The largest absolute Gasteiger partial charge is 0.365 e. The summed E-state index contributed by atoms with van der Waals surface area (Å²) in [5, 5.41) is 23.1. The average molecular weight is 364 g/mol. The van der Waals surface area contributed by atoms with E-state index in [1.165, 1.54) is 6.92 Å². The van der Waals surface area contributed by atoms with Crippen LogP contribution in [0.15, 0.2) is 53.2 Å². The van der Waals surface area contributed by atoms with Crippen molar-refractivity contribution in [2.24, 2.45) is 0 Å². The first kappa shape index (κ1) is 16.2. The Morgan fingerprint density at radius 1 is 1.19 bits per heavy atom. The Balaban J connectivity index is 1.54. The average Bonchev–Trinajstić information content (AvgIpc) is 3.28. The fourth-order valence-corrected chi connectivity index (χ4v) is 3.24. The Kier molecular flexibility index (Phi) is 4.32. The molecule has 8 heteroatoms. The van der Waals surface area contributed by atoms with Gasteiger partial charge in [-0.2, -0.15) is 15.9 Å². The fraction of sp³-hybridized carbons (Fsp3) is 0.111. The van der Waals surface area contributed by atoms with Gasteiger partial charge in [0.1, 0.15) is 5.82 Å². The van der Waals surface area contributed by atoms with Gasteiger partial charge in [-0.05, 0) is 41.3 Å². The first-order valence-corrected chi connectivity index (χ1v) is 8.99. The Morgan fingerprint density at radius 2 is 2.12 bits per heavy atom. The molecule has 0 saturated heterocycles. The lowest BCUT2D eigenvalue weighted by molar-refractivity contribution is -0.114. The maximum atomic E-state index is 11.2. The predicted octanol–water partition coefficient (Wildman–Crippen LogP) is 3.42. The van der Waals surface area contributed by atoms with E-state index in [1.54, 1.807) is 15.9 Å². The number of rotatable bonds is 5. The number of carbonyl (C=O) groups excluding carboxylic acids is 1. The van der Waals surface area contributed by atoms with E-state index in [0.29, 0.717) is 12.2 Å². The zero-order valence-electron chi connectivity index (χ0n) is 14.0. The molecule has 1 aromatic carbocycles. The number of amides is 1. The molecule has 1 amide bonds. The third-order valence-electron chi connectivity index (χ3n) is 3.76. The van der Waals surface area contributed by atoms with Gasteiger partial charge in [0, 0.05) is 30.1 Å². The van der Waals surface area contributed by atoms with Crippen molar-refractivity contribution in [2.75, 3.05) is 10.6 Å². The Labute approximate surface area is 153 Å². The van der Waals surface area contributed by atoms with E-state index in [0.717, 1.165) is 28.5 Å². The van der Waals surface area contributed by atoms with Gasteiger partial charge in [0.2, 0.25) is 5.91 Å². The van der Waals surface area contributed by atoms with Crippen LogP contribution in [0.1, 0.15) is 12.5 Å². The molecule has 0 bridgehead atoms. The van der Waals surface area contributed by atoms with Gasteiger partial charge in [-0.15, -0.1) is 15.3 Å². The molecule has 0 aliphatic carbocycles. The van der Waals surface area contributed by atoms with Crippen LogP contribution >= 0.6 is 11.3 Å². The standard InChI is InChI=1S/C18H16N6OS/c1-12(25)20-15-4-2-3-13(9-15)10-19-16-5-6-17-21-22-18(24(17)23-16)14-7-8-26-11-14/h2-9,11H,10H2,1H3,(H,19,23)(H,20,25). The second kappa shape index (κ2) is 6.93. The second-order valence-corrected chi connectivity index (χ2v) is 6.54. The molecule has 0 aliphatic rings. The first-order chi connectivity index (χ1) is 12.7. The molecule has 0 radical (unpaired) electrons. The molecule has 26 heavy (non-hydrogen) atoms. The van der Waals surface area contributed by atoms with E-state index < -0.39 is 0 Å². The zero-order valence-corrected chi connectivity index (χ0v) is 14.8. The Bertz CT molecular complexity index is 1060. The molecule has 4 aromatic rings. The van der Waals surface area contributed by atoms with Crippen LogP contribution in [-0.2, 0) is 11.3 Å². The number of nitrogens with one attached hydrogen (secondary N) is 2. The predicted molar refractivity (Wildman–Crippen MR) is 102 cm³/mol. The van der Waals surface area contributed by atoms with E-state index in [4.69, 9.17) is 0 Å². The van der Waals surface area contributed by atoms with Gasteiger partial charge < -0.3 is 10.6 Å². The van der Waals surface area contributed by atoms with Crippen LogP contribution in [0, 0.1) is 0 Å². The molecule has 0 spiro atoms. The van der Waals surface area contributed by atoms with E-state index in [1.807, 2.05) is 53.2 Å². The molecule has 0 saturated carbocycles. The molecule has 0 aliphatic heterocycles. The first-order valence-electron chi connectivity index (χ1n) is 8.04. The number of fused-ring (bicyclic) bond motifs is 1. The van der Waals surface area contributed by atoms with E-state index >= 15 is 0 Å². The molecule has 3 heterocycles. The quantitative estimate of drug-likeness (QED) is 0.567. The van der Waals surface area contributed by atoms with Crippen LogP contribution < -0.4 is 10.6 Å². The summed E-state index contributed by atoms with van der Waals surface area (Å²) in [4.78, 5) is 11.2. The van der Waals surface area contributed by atoms with Crippen molar-refractivity contribution < 1.29 is 4.79 Å².